The molecule has 1 aliphatic rings. The summed E-state index contributed by atoms with van der Waals surface area (Å²) in [5.74, 6) is -0.249. The average Bonchev–Trinajstić information content (AvgIpc) is 2.94. The molecular weight excluding hydrogens is 343 g/mol. The Morgan fingerprint density at radius 2 is 2.00 bits per heavy atom. The summed E-state index contributed by atoms with van der Waals surface area (Å²) in [6.07, 6.45) is 4.01. The maximum Gasteiger partial charge on any atom is 0.318 e. The van der Waals surface area contributed by atoms with Crippen LogP contribution in [0.3, 0.4) is 0 Å². The number of hydrogen-bond acceptors (Lipinski definition) is 2. The summed E-state index contributed by atoms with van der Waals surface area (Å²) in [7, 11) is 0. The predicted molar refractivity (Wildman–Crippen MR) is 104 cm³/mol. The second-order valence-corrected chi connectivity index (χ2v) is 7.29. The first kappa shape index (κ1) is 19.4. The molecule has 2 heterocycles. The van der Waals surface area contributed by atoms with Gasteiger partial charge in [0.25, 0.3) is 0 Å². The molecule has 2 aromatic rings. The van der Waals surface area contributed by atoms with E-state index < -0.39 is 0 Å². The van der Waals surface area contributed by atoms with E-state index in [1.807, 2.05) is 16.5 Å². The molecule has 6 heteroatoms. The van der Waals surface area contributed by atoms with Gasteiger partial charge in [0, 0.05) is 30.9 Å². The first-order chi connectivity index (χ1) is 13.0. The lowest BCUT2D eigenvalue weighted by atomic mass is 9.95. The lowest BCUT2D eigenvalue weighted by Gasteiger charge is -2.36. The molecule has 1 atom stereocenters. The Hall–Kier alpha value is -2.37. The number of rotatable bonds is 5. The minimum atomic E-state index is -0.249. The summed E-state index contributed by atoms with van der Waals surface area (Å²) in [5, 5.41) is 7.65. The molecule has 3 rings (SSSR count). The van der Waals surface area contributed by atoms with Crippen molar-refractivity contribution in [3.8, 4) is 0 Å². The van der Waals surface area contributed by atoms with Crippen molar-refractivity contribution in [3.05, 3.63) is 52.6 Å². The monoisotopic (exact) mass is 372 g/mol. The molecule has 1 N–H and O–H groups in total. The third-order valence-electron chi connectivity index (χ3n) is 5.40. The zero-order chi connectivity index (χ0) is 19.4. The van der Waals surface area contributed by atoms with Crippen molar-refractivity contribution < 1.29 is 9.18 Å². The van der Waals surface area contributed by atoms with Gasteiger partial charge in [0.1, 0.15) is 5.82 Å². The van der Waals surface area contributed by atoms with E-state index in [1.165, 1.54) is 12.1 Å². The molecular formula is C21H29FN4O. The standard InChI is InChI=1S/C21H29FN4O/c1-4-12-26-16(3)19(15(2)24-26)14-23-21(27)25-13-6-5-7-20(25)17-8-10-18(22)11-9-17/h8-11,20H,4-7,12-14H2,1-3H3,(H,23,27)/t20-/m0/s1. The van der Waals surface area contributed by atoms with Gasteiger partial charge in [-0.2, -0.15) is 5.10 Å². The number of halogens is 1. The van der Waals surface area contributed by atoms with Crippen molar-refractivity contribution in [1.29, 1.82) is 0 Å². The number of aryl methyl sites for hydroxylation is 2. The molecule has 27 heavy (non-hydrogen) atoms. The molecule has 146 valence electrons. The van der Waals surface area contributed by atoms with E-state index in [1.54, 1.807) is 12.1 Å². The first-order valence-corrected chi connectivity index (χ1v) is 9.84. The van der Waals surface area contributed by atoms with E-state index in [4.69, 9.17) is 0 Å². The number of hydrogen-bond donors (Lipinski definition) is 1. The molecule has 0 aliphatic carbocycles. The molecule has 0 bridgehead atoms. The number of carbonyl (C=O) groups excluding carboxylic acids is 1. The Kier molecular flexibility index (Phi) is 6.14. The number of piperidine rings is 1. The van der Waals surface area contributed by atoms with Gasteiger partial charge in [-0.3, -0.25) is 4.68 Å². The summed E-state index contributed by atoms with van der Waals surface area (Å²) < 4.78 is 15.3. The van der Waals surface area contributed by atoms with Crippen LogP contribution in [0, 0.1) is 19.7 Å². The van der Waals surface area contributed by atoms with Crippen LogP contribution in [0.25, 0.3) is 0 Å². The van der Waals surface area contributed by atoms with Crippen LogP contribution in [0.2, 0.25) is 0 Å². The number of benzene rings is 1. The van der Waals surface area contributed by atoms with Gasteiger partial charge in [0.15, 0.2) is 0 Å². The molecule has 2 amide bonds. The Bertz CT molecular complexity index is 784. The molecule has 1 aromatic carbocycles. The van der Waals surface area contributed by atoms with Gasteiger partial charge in [-0.1, -0.05) is 19.1 Å². The lowest BCUT2D eigenvalue weighted by molar-refractivity contribution is 0.151. The SMILES string of the molecule is CCCn1nc(C)c(CNC(=O)N2CCCC[C@H]2c2ccc(F)cc2)c1C. The van der Waals surface area contributed by atoms with Crippen LogP contribution in [0.4, 0.5) is 9.18 Å². The number of urea groups is 1. The summed E-state index contributed by atoms with van der Waals surface area (Å²) >= 11 is 0. The minimum absolute atomic E-state index is 0.00404. The Morgan fingerprint density at radius 3 is 2.70 bits per heavy atom. The highest BCUT2D eigenvalue weighted by Crippen LogP contribution is 2.31. The molecule has 1 saturated heterocycles. The molecule has 0 saturated carbocycles. The molecule has 5 nitrogen and oxygen atoms in total. The van der Waals surface area contributed by atoms with E-state index >= 15 is 0 Å². The fourth-order valence-electron chi connectivity index (χ4n) is 3.89. The normalized spacial score (nSPS) is 17.2. The smallest absolute Gasteiger partial charge is 0.318 e. The predicted octanol–water partition coefficient (Wildman–Crippen LogP) is 4.49. The highest BCUT2D eigenvalue weighted by atomic mass is 19.1. The van der Waals surface area contributed by atoms with Crippen LogP contribution in [0.1, 0.15) is 61.2 Å². The Labute approximate surface area is 160 Å². The summed E-state index contributed by atoms with van der Waals surface area (Å²) in [6, 6.07) is 6.45. The zero-order valence-corrected chi connectivity index (χ0v) is 16.5. The summed E-state index contributed by atoms with van der Waals surface area (Å²) in [4.78, 5) is 14.8. The highest BCUT2D eigenvalue weighted by molar-refractivity contribution is 5.75. The van der Waals surface area contributed by atoms with Gasteiger partial charge >= 0.3 is 6.03 Å². The van der Waals surface area contributed by atoms with E-state index in [0.29, 0.717) is 6.54 Å². The number of nitrogens with one attached hydrogen (secondary N) is 1. The topological polar surface area (TPSA) is 50.2 Å². The van der Waals surface area contributed by atoms with Gasteiger partial charge < -0.3 is 10.2 Å². The second kappa shape index (κ2) is 8.55. The van der Waals surface area contributed by atoms with E-state index in [9.17, 15) is 9.18 Å². The van der Waals surface area contributed by atoms with Crippen molar-refractivity contribution in [1.82, 2.24) is 20.0 Å². The Morgan fingerprint density at radius 1 is 1.26 bits per heavy atom. The minimum Gasteiger partial charge on any atom is -0.334 e. The first-order valence-electron chi connectivity index (χ1n) is 9.84. The maximum atomic E-state index is 13.2. The van der Waals surface area contributed by atoms with Gasteiger partial charge in [-0.05, 0) is 57.2 Å². The number of amides is 2. The van der Waals surface area contributed by atoms with Crippen molar-refractivity contribution in [2.45, 2.75) is 65.6 Å². The fraction of sp³-hybridized carbons (Fsp3) is 0.524. The van der Waals surface area contributed by atoms with Gasteiger partial charge in [0.05, 0.1) is 11.7 Å². The van der Waals surface area contributed by atoms with Crippen LogP contribution in [0.15, 0.2) is 24.3 Å². The quantitative estimate of drug-likeness (QED) is 0.841. The fourth-order valence-corrected chi connectivity index (χ4v) is 3.89. The molecule has 0 radical (unpaired) electrons. The summed E-state index contributed by atoms with van der Waals surface area (Å²) in [5.41, 5.74) is 4.17. The second-order valence-electron chi connectivity index (χ2n) is 7.29. The third-order valence-corrected chi connectivity index (χ3v) is 5.40. The van der Waals surface area contributed by atoms with E-state index in [0.717, 1.165) is 61.3 Å². The molecule has 0 unspecified atom stereocenters. The number of likely N-dealkylation sites (tertiary alicyclic amines) is 1. The average molecular weight is 372 g/mol. The van der Waals surface area contributed by atoms with Gasteiger partial charge in [0.2, 0.25) is 0 Å². The molecule has 1 aromatic heterocycles. The zero-order valence-electron chi connectivity index (χ0n) is 16.5. The maximum absolute atomic E-state index is 13.2. The van der Waals surface area contributed by atoms with Crippen LogP contribution in [0.5, 0.6) is 0 Å². The van der Waals surface area contributed by atoms with Crippen LogP contribution in [-0.4, -0.2) is 27.3 Å². The van der Waals surface area contributed by atoms with Crippen molar-refractivity contribution >= 4 is 6.03 Å². The summed E-state index contributed by atoms with van der Waals surface area (Å²) in [6.45, 7) is 8.26. The van der Waals surface area contributed by atoms with E-state index in [2.05, 4.69) is 24.3 Å². The van der Waals surface area contributed by atoms with Crippen molar-refractivity contribution in [3.63, 3.8) is 0 Å². The largest absolute Gasteiger partial charge is 0.334 e. The Balaban J connectivity index is 1.70. The highest BCUT2D eigenvalue weighted by Gasteiger charge is 2.28. The van der Waals surface area contributed by atoms with Crippen LogP contribution >= 0.6 is 0 Å². The number of carbonyl (C=O) groups is 1. The molecule has 0 spiro atoms. The van der Waals surface area contributed by atoms with Crippen molar-refractivity contribution in [2.75, 3.05) is 6.54 Å². The van der Waals surface area contributed by atoms with Crippen LogP contribution < -0.4 is 5.32 Å². The van der Waals surface area contributed by atoms with Crippen molar-refractivity contribution in [2.24, 2.45) is 0 Å². The number of nitrogens with zero attached hydrogens (tertiary/aromatic N) is 3. The number of aromatic nitrogens is 2. The molecule has 1 fully saturated rings. The van der Waals surface area contributed by atoms with Gasteiger partial charge in [-0.15, -0.1) is 0 Å². The van der Waals surface area contributed by atoms with Gasteiger partial charge in [-0.25, -0.2) is 9.18 Å². The van der Waals surface area contributed by atoms with E-state index in [-0.39, 0.29) is 17.9 Å². The van der Waals surface area contributed by atoms with Crippen LogP contribution in [-0.2, 0) is 13.1 Å². The third kappa shape index (κ3) is 4.31. The molecule has 1 aliphatic heterocycles. The lowest BCUT2D eigenvalue weighted by Crippen LogP contribution is -2.44.